The summed E-state index contributed by atoms with van der Waals surface area (Å²) in [5.41, 5.74) is 3.69. The van der Waals surface area contributed by atoms with Crippen molar-refractivity contribution in [2.75, 3.05) is 0 Å². The van der Waals surface area contributed by atoms with Gasteiger partial charge in [-0.1, -0.05) is 5.16 Å². The molecule has 1 heterocycles. The zero-order valence-corrected chi connectivity index (χ0v) is 13.2. The Morgan fingerprint density at radius 2 is 2.04 bits per heavy atom. The van der Waals surface area contributed by atoms with E-state index in [0.717, 1.165) is 12.1 Å². The topological polar surface area (TPSA) is 126 Å². The summed E-state index contributed by atoms with van der Waals surface area (Å²) in [5, 5.41) is 17.6. The van der Waals surface area contributed by atoms with E-state index in [1.165, 1.54) is 19.1 Å². The molecule has 0 saturated carbocycles. The van der Waals surface area contributed by atoms with Crippen LogP contribution in [0.5, 0.6) is 0 Å². The second kappa shape index (κ2) is 7.63. The molecule has 0 fully saturated rings. The number of carbonyl (C=O) groups excluding carboxylic acids is 1. The molecule has 0 atom stereocenters. The van der Waals surface area contributed by atoms with Gasteiger partial charge in [-0.3, -0.25) is 14.8 Å². The summed E-state index contributed by atoms with van der Waals surface area (Å²) < 4.78 is 39.2. The number of hydrogen-bond acceptors (Lipinski definition) is 6. The van der Waals surface area contributed by atoms with Crippen LogP contribution in [-0.4, -0.2) is 26.5 Å². The van der Waals surface area contributed by atoms with Crippen LogP contribution < -0.4 is 5.73 Å². The Balaban J connectivity index is 2.13. The molecule has 0 aliphatic rings. The largest absolute Gasteiger partial charge is 0.380 e. The van der Waals surface area contributed by atoms with Crippen LogP contribution in [0.2, 0.25) is 0 Å². The lowest BCUT2D eigenvalue weighted by molar-refractivity contribution is -0.386. The van der Waals surface area contributed by atoms with Gasteiger partial charge in [-0.15, -0.1) is 0 Å². The number of amidine groups is 1. The predicted octanol–water partition coefficient (Wildman–Crippen LogP) is 2.04. The summed E-state index contributed by atoms with van der Waals surface area (Å²) in [6.07, 6.45) is -3.18. The van der Waals surface area contributed by atoms with Crippen molar-refractivity contribution in [3.63, 3.8) is 0 Å². The van der Waals surface area contributed by atoms with Crippen LogP contribution >= 0.6 is 0 Å². The first-order chi connectivity index (χ1) is 12.2. The number of alkyl halides is 2. The molecular formula is C14H12F3N5O4. The molecule has 0 amide bonds. The van der Waals surface area contributed by atoms with Crippen LogP contribution in [0.4, 0.5) is 18.9 Å². The molecule has 138 valence electrons. The fourth-order valence-corrected chi connectivity index (χ4v) is 2.01. The second-order valence-electron chi connectivity index (χ2n) is 4.98. The van der Waals surface area contributed by atoms with Gasteiger partial charge < -0.3 is 10.6 Å². The van der Waals surface area contributed by atoms with Gasteiger partial charge in [0.15, 0.2) is 5.84 Å². The van der Waals surface area contributed by atoms with E-state index in [0.29, 0.717) is 4.68 Å². The third kappa shape index (κ3) is 4.15. The highest BCUT2D eigenvalue weighted by atomic mass is 19.3. The van der Waals surface area contributed by atoms with E-state index in [4.69, 9.17) is 5.73 Å². The number of carbonyl (C=O) groups is 1. The fourth-order valence-electron chi connectivity index (χ4n) is 2.01. The summed E-state index contributed by atoms with van der Waals surface area (Å²) in [4.78, 5) is 26.2. The summed E-state index contributed by atoms with van der Waals surface area (Å²) in [7, 11) is 0. The summed E-state index contributed by atoms with van der Waals surface area (Å²) in [5.74, 6) is -1.77. The lowest BCUT2D eigenvalue weighted by Crippen LogP contribution is -2.18. The molecule has 0 saturated heterocycles. The van der Waals surface area contributed by atoms with Gasteiger partial charge in [0.25, 0.3) is 6.43 Å². The molecule has 0 bridgehead atoms. The van der Waals surface area contributed by atoms with Crippen molar-refractivity contribution in [3.05, 3.63) is 57.1 Å². The molecule has 0 aliphatic carbocycles. The molecule has 12 heteroatoms. The average molecular weight is 371 g/mol. The molecule has 0 spiro atoms. The maximum Gasteiger partial charge on any atom is 0.356 e. The monoisotopic (exact) mass is 371 g/mol. The Morgan fingerprint density at radius 1 is 1.42 bits per heavy atom. The number of oxime groups is 1. The first-order valence-corrected chi connectivity index (χ1v) is 6.99. The third-order valence-corrected chi connectivity index (χ3v) is 3.25. The van der Waals surface area contributed by atoms with Crippen LogP contribution in [0.1, 0.15) is 23.4 Å². The van der Waals surface area contributed by atoms with Crippen LogP contribution in [0.25, 0.3) is 0 Å². The van der Waals surface area contributed by atoms with Crippen molar-refractivity contribution in [1.82, 2.24) is 9.78 Å². The number of nitrogens with two attached hydrogens (primary N) is 1. The minimum atomic E-state index is -3.18. The van der Waals surface area contributed by atoms with E-state index in [1.54, 1.807) is 0 Å². The number of benzene rings is 1. The van der Waals surface area contributed by atoms with Gasteiger partial charge in [0, 0.05) is 5.56 Å². The molecular weight excluding hydrogens is 359 g/mol. The summed E-state index contributed by atoms with van der Waals surface area (Å²) >= 11 is 0. The molecule has 2 rings (SSSR count). The smallest absolute Gasteiger partial charge is 0.356 e. The maximum atomic E-state index is 12.8. The SMILES string of the molecule is Cc1c([N+](=O)[O-])c(C(F)F)nn1CC(=O)O/N=C(\N)c1ccc(F)cc1. The quantitative estimate of drug-likeness (QED) is 0.272. The molecule has 0 radical (unpaired) electrons. The fraction of sp³-hybridized carbons (Fsp3) is 0.214. The first-order valence-electron chi connectivity index (χ1n) is 6.99. The van der Waals surface area contributed by atoms with Gasteiger partial charge in [0.1, 0.15) is 18.1 Å². The lowest BCUT2D eigenvalue weighted by atomic mass is 10.2. The van der Waals surface area contributed by atoms with Crippen LogP contribution in [0, 0.1) is 22.9 Å². The normalized spacial score (nSPS) is 11.7. The third-order valence-electron chi connectivity index (χ3n) is 3.25. The first kappa shape index (κ1) is 18.9. The van der Waals surface area contributed by atoms with E-state index in [1.807, 2.05) is 0 Å². The molecule has 2 N–H and O–H groups in total. The van der Waals surface area contributed by atoms with Crippen molar-refractivity contribution in [1.29, 1.82) is 0 Å². The van der Waals surface area contributed by atoms with Gasteiger partial charge in [0.2, 0.25) is 5.69 Å². The molecule has 2 aromatic rings. The van der Waals surface area contributed by atoms with Crippen molar-refractivity contribution < 1.29 is 27.7 Å². The summed E-state index contributed by atoms with van der Waals surface area (Å²) in [6.45, 7) is 0.472. The number of nitro groups is 1. The zero-order chi connectivity index (χ0) is 19.4. The van der Waals surface area contributed by atoms with Crippen molar-refractivity contribution >= 4 is 17.5 Å². The standard InChI is InChI=1S/C14H12F3N5O4/c1-7-12(22(24)25)11(13(16)17)19-21(7)6-10(23)26-20-14(18)8-2-4-9(15)5-3-8/h2-5,13H,6H2,1H3,(H2,18,20). The minimum absolute atomic E-state index is 0.227. The van der Waals surface area contributed by atoms with Crippen molar-refractivity contribution in [3.8, 4) is 0 Å². The number of nitrogens with zero attached hydrogens (tertiary/aromatic N) is 4. The second-order valence-corrected chi connectivity index (χ2v) is 4.98. The molecule has 0 unspecified atom stereocenters. The van der Waals surface area contributed by atoms with E-state index in [9.17, 15) is 28.1 Å². The Hall–Kier alpha value is -3.44. The van der Waals surface area contributed by atoms with Gasteiger partial charge in [-0.05, 0) is 31.2 Å². The van der Waals surface area contributed by atoms with Crippen LogP contribution in [-0.2, 0) is 16.2 Å². The predicted molar refractivity (Wildman–Crippen MR) is 81.8 cm³/mol. The number of rotatable bonds is 6. The number of hydrogen-bond donors (Lipinski definition) is 1. The van der Waals surface area contributed by atoms with Gasteiger partial charge in [-0.25, -0.2) is 18.0 Å². The minimum Gasteiger partial charge on any atom is -0.380 e. The van der Waals surface area contributed by atoms with Crippen LogP contribution in [0.15, 0.2) is 29.4 Å². The van der Waals surface area contributed by atoms with E-state index in [-0.39, 0.29) is 17.1 Å². The van der Waals surface area contributed by atoms with Crippen molar-refractivity contribution in [2.45, 2.75) is 19.9 Å². The van der Waals surface area contributed by atoms with Crippen molar-refractivity contribution in [2.24, 2.45) is 10.9 Å². The van der Waals surface area contributed by atoms with Gasteiger partial charge >= 0.3 is 11.7 Å². The highest BCUT2D eigenvalue weighted by Gasteiger charge is 2.31. The molecule has 1 aromatic carbocycles. The average Bonchev–Trinajstić information content (AvgIpc) is 2.90. The van der Waals surface area contributed by atoms with E-state index >= 15 is 0 Å². The zero-order valence-electron chi connectivity index (χ0n) is 13.2. The molecule has 9 nitrogen and oxygen atoms in total. The Labute approximate surface area is 144 Å². The molecule has 26 heavy (non-hydrogen) atoms. The van der Waals surface area contributed by atoms with E-state index < -0.39 is 41.1 Å². The van der Waals surface area contributed by atoms with Gasteiger partial charge in [0.05, 0.1) is 4.92 Å². The van der Waals surface area contributed by atoms with Gasteiger partial charge in [-0.2, -0.15) is 5.10 Å². The Bertz CT molecular complexity index is 864. The van der Waals surface area contributed by atoms with Crippen LogP contribution in [0.3, 0.4) is 0 Å². The highest BCUT2D eigenvalue weighted by Crippen LogP contribution is 2.30. The maximum absolute atomic E-state index is 12.8. The molecule has 1 aromatic heterocycles. The highest BCUT2D eigenvalue weighted by molar-refractivity contribution is 5.97. The Kier molecular flexibility index (Phi) is 5.54. The number of aromatic nitrogens is 2. The lowest BCUT2D eigenvalue weighted by Gasteiger charge is -2.03. The number of halogens is 3. The van der Waals surface area contributed by atoms with E-state index in [2.05, 4.69) is 15.1 Å². The Morgan fingerprint density at radius 3 is 2.54 bits per heavy atom. The summed E-state index contributed by atoms with van der Waals surface area (Å²) in [6, 6.07) is 4.85. The molecule has 0 aliphatic heterocycles.